The van der Waals surface area contributed by atoms with Gasteiger partial charge in [0.05, 0.1) is 0 Å². The van der Waals surface area contributed by atoms with Crippen LogP contribution in [0.1, 0.15) is 166 Å². The topological polar surface area (TPSA) is 0 Å². The van der Waals surface area contributed by atoms with Gasteiger partial charge in [-0.25, -0.2) is 0 Å². The molecule has 0 radical (unpaired) electrons. The fourth-order valence-corrected chi connectivity index (χ4v) is 9.81. The Labute approximate surface area is 286 Å². The summed E-state index contributed by atoms with van der Waals surface area (Å²) in [5, 5.41) is 0. The monoisotopic (exact) mass is 625 g/mol. The zero-order valence-corrected chi connectivity index (χ0v) is 30.8. The third kappa shape index (κ3) is 11.8. The summed E-state index contributed by atoms with van der Waals surface area (Å²) in [6.07, 6.45) is 31.7. The molecule has 2 aromatic carbocycles. The molecule has 0 saturated heterocycles. The first-order valence-corrected chi connectivity index (χ1v) is 20.6. The zero-order valence-electron chi connectivity index (χ0n) is 30.8. The van der Waals surface area contributed by atoms with Crippen molar-refractivity contribution < 1.29 is 0 Å². The van der Waals surface area contributed by atoms with Gasteiger partial charge in [0, 0.05) is 0 Å². The molecule has 4 aliphatic rings. The smallest absolute Gasteiger partial charge is 0.0250 e. The van der Waals surface area contributed by atoms with Crippen molar-refractivity contribution in [2.75, 3.05) is 0 Å². The van der Waals surface area contributed by atoms with Crippen LogP contribution in [0.4, 0.5) is 0 Å². The van der Waals surface area contributed by atoms with Crippen LogP contribution >= 0.6 is 0 Å². The van der Waals surface area contributed by atoms with E-state index < -0.39 is 0 Å². The molecule has 0 bridgehead atoms. The van der Waals surface area contributed by atoms with E-state index in [4.69, 9.17) is 0 Å². The zero-order chi connectivity index (χ0) is 32.1. The second-order valence-corrected chi connectivity index (χ2v) is 17.3. The molecule has 256 valence electrons. The van der Waals surface area contributed by atoms with Gasteiger partial charge in [-0.3, -0.25) is 0 Å². The molecular weight excluding hydrogens is 553 g/mol. The van der Waals surface area contributed by atoms with Crippen molar-refractivity contribution in [1.82, 2.24) is 0 Å². The van der Waals surface area contributed by atoms with Crippen LogP contribution in [-0.2, 0) is 25.7 Å². The van der Waals surface area contributed by atoms with Crippen LogP contribution in [0.15, 0.2) is 48.5 Å². The van der Waals surface area contributed by atoms with Crippen LogP contribution in [0.2, 0.25) is 0 Å². The second-order valence-electron chi connectivity index (χ2n) is 17.3. The minimum Gasteiger partial charge on any atom is -0.0651 e. The van der Waals surface area contributed by atoms with E-state index in [9.17, 15) is 0 Å². The molecule has 0 nitrogen and oxygen atoms in total. The molecular formula is C46H72. The summed E-state index contributed by atoms with van der Waals surface area (Å²) in [6.45, 7) is 9.45. The molecule has 0 unspecified atom stereocenters. The number of rotatable bonds is 10. The Morgan fingerprint density at radius 2 is 0.652 bits per heavy atom. The van der Waals surface area contributed by atoms with E-state index in [1.165, 1.54) is 134 Å². The molecule has 0 amide bonds. The van der Waals surface area contributed by atoms with Crippen LogP contribution < -0.4 is 0 Å². The first-order chi connectivity index (χ1) is 22.4. The Bertz CT molecular complexity index is 1060. The van der Waals surface area contributed by atoms with Crippen molar-refractivity contribution in [2.45, 2.75) is 169 Å². The molecule has 2 aromatic rings. The largest absolute Gasteiger partial charge is 0.0651 e. The Morgan fingerprint density at radius 1 is 0.370 bits per heavy atom. The molecule has 0 atom stereocenters. The molecule has 0 aliphatic heterocycles. The van der Waals surface area contributed by atoms with Crippen LogP contribution in [0.25, 0.3) is 0 Å². The molecule has 0 aromatic heterocycles. The second kappa shape index (κ2) is 18.8. The summed E-state index contributed by atoms with van der Waals surface area (Å²) >= 11 is 0. The van der Waals surface area contributed by atoms with E-state index in [1.807, 2.05) is 0 Å². The van der Waals surface area contributed by atoms with E-state index in [0.717, 1.165) is 53.8 Å². The van der Waals surface area contributed by atoms with Crippen molar-refractivity contribution in [2.24, 2.45) is 47.3 Å². The van der Waals surface area contributed by atoms with Gasteiger partial charge in [-0.05, 0) is 140 Å². The molecule has 6 rings (SSSR count). The lowest BCUT2D eigenvalue weighted by atomic mass is 9.72. The van der Waals surface area contributed by atoms with Crippen molar-refractivity contribution in [3.63, 3.8) is 0 Å². The van der Waals surface area contributed by atoms with Gasteiger partial charge in [0.1, 0.15) is 0 Å². The number of hydrogen-bond acceptors (Lipinski definition) is 0. The number of hydrogen-bond donors (Lipinski definition) is 0. The lowest BCUT2D eigenvalue weighted by Gasteiger charge is -2.33. The first-order valence-electron chi connectivity index (χ1n) is 20.6. The van der Waals surface area contributed by atoms with Gasteiger partial charge >= 0.3 is 0 Å². The maximum absolute atomic E-state index is 2.44. The summed E-state index contributed by atoms with van der Waals surface area (Å²) in [6, 6.07) is 19.1. The van der Waals surface area contributed by atoms with Crippen molar-refractivity contribution >= 4 is 0 Å². The lowest BCUT2D eigenvalue weighted by molar-refractivity contribution is 0.195. The Hall–Kier alpha value is -1.56. The average Bonchev–Trinajstić information content (AvgIpc) is 3.09. The predicted octanol–water partition coefficient (Wildman–Crippen LogP) is 13.6. The molecule has 0 spiro atoms. The highest BCUT2D eigenvalue weighted by molar-refractivity contribution is 5.24. The predicted molar refractivity (Wildman–Crippen MR) is 201 cm³/mol. The summed E-state index contributed by atoms with van der Waals surface area (Å²) in [5.41, 5.74) is 6.18. The summed E-state index contributed by atoms with van der Waals surface area (Å²) in [7, 11) is 0. The van der Waals surface area contributed by atoms with Crippen molar-refractivity contribution in [3.05, 3.63) is 70.8 Å². The van der Waals surface area contributed by atoms with Crippen LogP contribution in [0, 0.1) is 47.3 Å². The average molecular weight is 625 g/mol. The van der Waals surface area contributed by atoms with Gasteiger partial charge in [-0.2, -0.15) is 0 Å². The van der Waals surface area contributed by atoms with Gasteiger partial charge in [-0.15, -0.1) is 0 Å². The van der Waals surface area contributed by atoms with E-state index >= 15 is 0 Å². The normalized spacial score (nSPS) is 31.9. The Balaban J connectivity index is 0.000000181. The summed E-state index contributed by atoms with van der Waals surface area (Å²) in [5.74, 6) is 7.95. The third-order valence-corrected chi connectivity index (χ3v) is 13.5. The quantitative estimate of drug-likeness (QED) is 0.247. The highest BCUT2D eigenvalue weighted by atomic mass is 14.3. The molecule has 4 aliphatic carbocycles. The molecule has 4 saturated carbocycles. The fourth-order valence-electron chi connectivity index (χ4n) is 9.81. The molecule has 0 N–H and O–H groups in total. The van der Waals surface area contributed by atoms with Gasteiger partial charge in [0.15, 0.2) is 0 Å². The minimum absolute atomic E-state index is 0.946. The van der Waals surface area contributed by atoms with Crippen LogP contribution in [0.5, 0.6) is 0 Å². The van der Waals surface area contributed by atoms with E-state index in [-0.39, 0.29) is 0 Å². The SMILES string of the molecule is CCC1CCC(Cc2ccc(CC3CCC(C)CC3)cc2)CC1.CCc1ccc(CC2CCC(CC3CCC(C)CC3)CC2)cc1. The van der Waals surface area contributed by atoms with Gasteiger partial charge in [0.2, 0.25) is 0 Å². The number of benzene rings is 2. The third-order valence-electron chi connectivity index (χ3n) is 13.5. The highest BCUT2D eigenvalue weighted by Crippen LogP contribution is 2.39. The van der Waals surface area contributed by atoms with Gasteiger partial charge < -0.3 is 0 Å². The summed E-state index contributed by atoms with van der Waals surface area (Å²) in [4.78, 5) is 0. The fraction of sp³-hybridized carbons (Fsp3) is 0.739. The number of aryl methyl sites for hydroxylation is 1. The summed E-state index contributed by atoms with van der Waals surface area (Å²) < 4.78 is 0. The van der Waals surface area contributed by atoms with E-state index in [0.29, 0.717) is 0 Å². The van der Waals surface area contributed by atoms with Crippen molar-refractivity contribution in [1.29, 1.82) is 0 Å². The highest BCUT2D eigenvalue weighted by Gasteiger charge is 2.26. The minimum atomic E-state index is 0.946. The first kappa shape index (κ1) is 35.7. The van der Waals surface area contributed by atoms with Gasteiger partial charge in [-0.1, -0.05) is 147 Å². The Morgan fingerprint density at radius 3 is 1.00 bits per heavy atom. The maximum atomic E-state index is 2.44. The standard InChI is InChI=1S/2C23H36/c2*1-3-19-8-10-21(11-9-19)17-23-14-12-22(13-15-23)16-20-6-4-18(2)5-7-20/h12-15,18-21H,3-11,16-17H2,1-2H3;8-11,18,20,22-23H,3-7,12-17H2,1-2H3. The lowest BCUT2D eigenvalue weighted by Crippen LogP contribution is -2.21. The van der Waals surface area contributed by atoms with Crippen LogP contribution in [0.3, 0.4) is 0 Å². The van der Waals surface area contributed by atoms with E-state index in [2.05, 4.69) is 76.2 Å². The van der Waals surface area contributed by atoms with E-state index in [1.54, 1.807) is 23.1 Å². The van der Waals surface area contributed by atoms with Crippen LogP contribution in [-0.4, -0.2) is 0 Å². The molecule has 0 heteroatoms. The maximum Gasteiger partial charge on any atom is -0.0250 e. The molecule has 4 fully saturated rings. The van der Waals surface area contributed by atoms with Gasteiger partial charge in [0.25, 0.3) is 0 Å². The molecule has 0 heterocycles. The van der Waals surface area contributed by atoms with Crippen molar-refractivity contribution in [3.8, 4) is 0 Å². The Kier molecular flexibility index (Phi) is 14.6. The molecule has 46 heavy (non-hydrogen) atoms.